The molecule has 31 heavy (non-hydrogen) atoms. The Morgan fingerprint density at radius 2 is 2.06 bits per heavy atom. The van der Waals surface area contributed by atoms with Gasteiger partial charge in [-0.1, -0.05) is 0 Å². The third-order valence-electron chi connectivity index (χ3n) is 6.55. The summed E-state index contributed by atoms with van der Waals surface area (Å²) in [5.74, 6) is 0.348. The molecule has 162 valence electrons. The molecule has 1 saturated carbocycles. The van der Waals surface area contributed by atoms with Crippen molar-refractivity contribution in [3.05, 3.63) is 36.2 Å². The van der Waals surface area contributed by atoms with Crippen molar-refractivity contribution in [1.29, 1.82) is 0 Å². The molecule has 11 heteroatoms. The molecule has 1 amide bonds. The fourth-order valence-corrected chi connectivity index (χ4v) is 4.98. The third-order valence-corrected chi connectivity index (χ3v) is 6.55. The van der Waals surface area contributed by atoms with E-state index in [1.54, 1.807) is 17.3 Å². The summed E-state index contributed by atoms with van der Waals surface area (Å²) in [6.45, 7) is 2.87. The van der Waals surface area contributed by atoms with E-state index in [9.17, 15) is 9.59 Å². The normalized spacial score (nSPS) is 28.3. The van der Waals surface area contributed by atoms with Gasteiger partial charge in [-0.3, -0.25) is 9.78 Å². The number of hydrogen-bond acceptors (Lipinski definition) is 9. The zero-order valence-corrected chi connectivity index (χ0v) is 17.3. The highest BCUT2D eigenvalue weighted by atomic mass is 16.5. The first-order valence-electron chi connectivity index (χ1n) is 10.5. The molecule has 1 spiro atoms. The van der Waals surface area contributed by atoms with Crippen LogP contribution in [0.1, 0.15) is 44.7 Å². The van der Waals surface area contributed by atoms with E-state index in [0.717, 1.165) is 37.8 Å². The molecule has 5 rings (SSSR count). The maximum Gasteiger partial charge on any atom is 0.333 e. The first-order valence-corrected chi connectivity index (χ1v) is 10.5. The van der Waals surface area contributed by atoms with Crippen molar-refractivity contribution in [2.75, 3.05) is 6.61 Å². The molecule has 1 N–H and O–H groups in total. The second kappa shape index (κ2) is 7.80. The van der Waals surface area contributed by atoms with Gasteiger partial charge in [0, 0.05) is 24.7 Å². The number of hydrogen-bond donors (Lipinski definition) is 1. The predicted octanol–water partition coefficient (Wildman–Crippen LogP) is 0.532. The van der Waals surface area contributed by atoms with Crippen LogP contribution in [0.3, 0.4) is 0 Å². The Morgan fingerprint density at radius 1 is 1.23 bits per heavy atom. The minimum Gasteiger partial charge on any atom is -0.456 e. The van der Waals surface area contributed by atoms with Gasteiger partial charge in [0.25, 0.3) is 0 Å². The average molecular weight is 424 g/mol. The van der Waals surface area contributed by atoms with Crippen LogP contribution in [0.4, 0.5) is 0 Å². The number of likely N-dealkylation sites (tertiary alicyclic amines) is 1. The maximum absolute atomic E-state index is 13.3. The highest BCUT2D eigenvalue weighted by Crippen LogP contribution is 2.48. The number of tetrazole rings is 1. The molecular weight excluding hydrogens is 400 g/mol. The summed E-state index contributed by atoms with van der Waals surface area (Å²) < 4.78 is 6.47. The summed E-state index contributed by atoms with van der Waals surface area (Å²) in [6, 6.07) is 0.422. The minimum absolute atomic E-state index is 0.0896. The van der Waals surface area contributed by atoms with Crippen molar-refractivity contribution in [1.82, 2.24) is 40.4 Å². The topological polar surface area (TPSA) is 128 Å². The van der Waals surface area contributed by atoms with Gasteiger partial charge in [-0.05, 0) is 49.5 Å². The summed E-state index contributed by atoms with van der Waals surface area (Å²) in [7, 11) is 0. The van der Waals surface area contributed by atoms with E-state index in [0.29, 0.717) is 24.1 Å². The number of amides is 1. The lowest BCUT2D eigenvalue weighted by Gasteiger charge is -2.36. The molecule has 1 atom stereocenters. The summed E-state index contributed by atoms with van der Waals surface area (Å²) >= 11 is 0. The van der Waals surface area contributed by atoms with E-state index >= 15 is 0 Å². The Labute approximate surface area is 178 Å². The number of ether oxygens (including phenoxy) is 1. The number of cyclic esters (lactones) is 1. The summed E-state index contributed by atoms with van der Waals surface area (Å²) in [5, 5.41) is 14.5. The van der Waals surface area contributed by atoms with Crippen LogP contribution in [0.2, 0.25) is 0 Å². The molecule has 11 nitrogen and oxygen atoms in total. The van der Waals surface area contributed by atoms with Crippen LogP contribution < -0.4 is 5.32 Å². The van der Waals surface area contributed by atoms with Crippen LogP contribution in [0.15, 0.2) is 30.5 Å². The van der Waals surface area contributed by atoms with E-state index in [4.69, 9.17) is 4.74 Å². The molecule has 1 unspecified atom stereocenters. The number of nitrogens with zero attached hydrogens (tertiary/aromatic N) is 7. The number of nitrogens with one attached hydrogen (secondary N) is 1. The second-order valence-electron chi connectivity index (χ2n) is 8.53. The first-order chi connectivity index (χ1) is 15.0. The van der Waals surface area contributed by atoms with E-state index in [1.807, 2.05) is 0 Å². The Bertz CT molecular complexity index is 996. The molecular formula is C20H24N8O3. The van der Waals surface area contributed by atoms with Crippen LogP contribution in [-0.2, 0) is 20.9 Å². The van der Waals surface area contributed by atoms with E-state index in [1.165, 1.54) is 17.1 Å². The Hall–Kier alpha value is -3.21. The highest BCUT2D eigenvalue weighted by molar-refractivity contribution is 5.91. The molecule has 0 radical (unpaired) electrons. The fourth-order valence-electron chi connectivity index (χ4n) is 4.98. The van der Waals surface area contributed by atoms with Crippen LogP contribution in [-0.4, -0.2) is 65.6 Å². The van der Waals surface area contributed by atoms with Gasteiger partial charge in [-0.2, -0.15) is 4.68 Å². The summed E-state index contributed by atoms with van der Waals surface area (Å²) in [4.78, 5) is 35.3. The standard InChI is InChI=1S/C20H24N8O3/c1-13-7-20(19(30)28(13)16-6-18(29)31-11-16)4-2-14(3-5-20)21-8-15-9-23-17(10-22-15)27-12-24-25-26-27/h6,9-10,12-14,21H,2-5,7-8,11H2,1H3. The Morgan fingerprint density at radius 3 is 2.71 bits per heavy atom. The van der Waals surface area contributed by atoms with Crippen molar-refractivity contribution in [3.8, 4) is 5.82 Å². The van der Waals surface area contributed by atoms with E-state index in [-0.39, 0.29) is 29.9 Å². The zero-order valence-electron chi connectivity index (χ0n) is 17.3. The Balaban J connectivity index is 1.16. The molecule has 3 aliphatic rings. The van der Waals surface area contributed by atoms with Gasteiger partial charge in [0.1, 0.15) is 12.9 Å². The summed E-state index contributed by atoms with van der Waals surface area (Å²) in [6.07, 6.45) is 10.6. The van der Waals surface area contributed by atoms with Gasteiger partial charge in [-0.25, -0.2) is 9.78 Å². The zero-order chi connectivity index (χ0) is 21.4. The van der Waals surface area contributed by atoms with E-state index < -0.39 is 0 Å². The largest absolute Gasteiger partial charge is 0.456 e. The summed E-state index contributed by atoms with van der Waals surface area (Å²) in [5.41, 5.74) is 1.21. The minimum atomic E-state index is -0.363. The Kier molecular flexibility index (Phi) is 4.97. The molecule has 2 aromatic heterocycles. The number of aromatic nitrogens is 6. The van der Waals surface area contributed by atoms with E-state index in [2.05, 4.69) is 37.7 Å². The lowest BCUT2D eigenvalue weighted by atomic mass is 9.70. The maximum atomic E-state index is 13.3. The third kappa shape index (κ3) is 3.69. The quantitative estimate of drug-likeness (QED) is 0.684. The van der Waals surface area contributed by atoms with Crippen molar-refractivity contribution < 1.29 is 14.3 Å². The molecule has 4 heterocycles. The SMILES string of the molecule is CC1CC2(CCC(NCc3cnc(-n4cnnn4)cn3)CC2)C(=O)N1C1=CC(=O)OC1. The van der Waals surface area contributed by atoms with Crippen molar-refractivity contribution in [2.45, 2.75) is 57.7 Å². The lowest BCUT2D eigenvalue weighted by molar-refractivity contribution is -0.138. The van der Waals surface area contributed by atoms with Crippen LogP contribution >= 0.6 is 0 Å². The molecule has 0 aromatic carbocycles. The smallest absolute Gasteiger partial charge is 0.333 e. The average Bonchev–Trinajstić information content (AvgIpc) is 3.50. The highest BCUT2D eigenvalue weighted by Gasteiger charge is 2.52. The van der Waals surface area contributed by atoms with Crippen molar-refractivity contribution in [3.63, 3.8) is 0 Å². The molecule has 0 bridgehead atoms. The molecule has 2 aliphatic heterocycles. The number of esters is 1. The second-order valence-corrected chi connectivity index (χ2v) is 8.53. The first kappa shape index (κ1) is 19.7. The van der Waals surface area contributed by atoms with Gasteiger partial charge < -0.3 is 15.0 Å². The number of carbonyl (C=O) groups is 2. The van der Waals surface area contributed by atoms with Gasteiger partial charge >= 0.3 is 5.97 Å². The van der Waals surface area contributed by atoms with Gasteiger partial charge in [0.15, 0.2) is 5.82 Å². The predicted molar refractivity (Wildman–Crippen MR) is 106 cm³/mol. The number of rotatable bonds is 5. The molecule has 1 aliphatic carbocycles. The monoisotopic (exact) mass is 424 g/mol. The van der Waals surface area contributed by atoms with Gasteiger partial charge in [0.05, 0.1) is 29.2 Å². The van der Waals surface area contributed by atoms with Crippen LogP contribution in [0, 0.1) is 5.41 Å². The van der Waals surface area contributed by atoms with Gasteiger partial charge in [0.2, 0.25) is 5.91 Å². The van der Waals surface area contributed by atoms with Crippen LogP contribution in [0.25, 0.3) is 5.82 Å². The molecule has 2 aromatic rings. The van der Waals surface area contributed by atoms with Crippen molar-refractivity contribution >= 4 is 11.9 Å². The van der Waals surface area contributed by atoms with Gasteiger partial charge in [-0.15, -0.1) is 5.10 Å². The fraction of sp³-hybridized carbons (Fsp3) is 0.550. The van der Waals surface area contributed by atoms with Crippen LogP contribution in [0.5, 0.6) is 0 Å². The molecule has 1 saturated heterocycles. The van der Waals surface area contributed by atoms with Crippen molar-refractivity contribution in [2.24, 2.45) is 5.41 Å². The molecule has 2 fully saturated rings. The number of carbonyl (C=O) groups excluding carboxylic acids is 2. The lowest BCUT2D eigenvalue weighted by Crippen LogP contribution is -2.42.